The Hall–Kier alpha value is -2.54. The van der Waals surface area contributed by atoms with Crippen molar-refractivity contribution in [3.8, 4) is 11.5 Å². The summed E-state index contributed by atoms with van der Waals surface area (Å²) in [4.78, 5) is 14.3. The first-order chi connectivity index (χ1) is 12.5. The van der Waals surface area contributed by atoms with E-state index in [1.807, 2.05) is 6.92 Å². The molecule has 2 aromatic carbocycles. The second-order valence-electron chi connectivity index (χ2n) is 6.01. The van der Waals surface area contributed by atoms with Gasteiger partial charge in [0.15, 0.2) is 9.84 Å². The first kappa shape index (κ1) is 18.3. The molecule has 1 heterocycles. The van der Waals surface area contributed by atoms with Gasteiger partial charge in [-0.3, -0.25) is 4.79 Å². The third-order valence-electron chi connectivity index (χ3n) is 4.37. The molecule has 1 aliphatic heterocycles. The molecule has 0 aromatic heterocycles. The summed E-state index contributed by atoms with van der Waals surface area (Å²) in [6.07, 6.45) is 0. The summed E-state index contributed by atoms with van der Waals surface area (Å²) in [5.74, 6) is 1.13. The zero-order valence-corrected chi connectivity index (χ0v) is 15.5. The van der Waals surface area contributed by atoms with Crippen molar-refractivity contribution in [2.45, 2.75) is 17.1 Å². The number of benzene rings is 2. The van der Waals surface area contributed by atoms with E-state index in [-0.39, 0.29) is 23.9 Å². The maximum absolute atomic E-state index is 12.6. The minimum absolute atomic E-state index is 0.172. The standard InChI is InChI=1S/C19H21NO5S/c1-3-25-16-6-4-14(5-7-16)19(21)20-12-18(13-20)26(22,23)17-10-8-15(24-2)9-11-17/h4-11,18H,3,12-13H2,1-2H3. The molecule has 26 heavy (non-hydrogen) atoms. The molecule has 0 radical (unpaired) electrons. The molecule has 0 bridgehead atoms. The van der Waals surface area contributed by atoms with E-state index in [1.54, 1.807) is 41.3 Å². The molecule has 3 rings (SSSR count). The van der Waals surface area contributed by atoms with Crippen LogP contribution in [0.5, 0.6) is 11.5 Å². The SMILES string of the molecule is CCOc1ccc(C(=O)N2CC(S(=O)(=O)c3ccc(OC)cc3)C2)cc1. The number of rotatable bonds is 6. The Bertz CT molecular complexity index is 869. The molecule has 0 aliphatic carbocycles. The molecule has 138 valence electrons. The Labute approximate surface area is 153 Å². The average Bonchev–Trinajstić information content (AvgIpc) is 2.61. The van der Waals surface area contributed by atoms with E-state index in [4.69, 9.17) is 9.47 Å². The number of carbonyl (C=O) groups is 1. The highest BCUT2D eigenvalue weighted by molar-refractivity contribution is 7.92. The molecule has 1 saturated heterocycles. The fraction of sp³-hybridized carbons (Fsp3) is 0.316. The molecule has 7 heteroatoms. The number of methoxy groups -OCH3 is 1. The van der Waals surface area contributed by atoms with Crippen molar-refractivity contribution in [3.63, 3.8) is 0 Å². The molecule has 1 fully saturated rings. The van der Waals surface area contributed by atoms with E-state index in [1.165, 1.54) is 19.2 Å². The topological polar surface area (TPSA) is 72.9 Å². The Morgan fingerprint density at radius 1 is 1.04 bits per heavy atom. The van der Waals surface area contributed by atoms with Crippen molar-refractivity contribution >= 4 is 15.7 Å². The number of ether oxygens (including phenoxy) is 2. The van der Waals surface area contributed by atoms with Gasteiger partial charge in [0.1, 0.15) is 16.7 Å². The van der Waals surface area contributed by atoms with Crippen LogP contribution in [0, 0.1) is 0 Å². The third-order valence-corrected chi connectivity index (χ3v) is 6.48. The van der Waals surface area contributed by atoms with Gasteiger partial charge >= 0.3 is 0 Å². The van der Waals surface area contributed by atoms with Gasteiger partial charge in [-0.05, 0) is 55.5 Å². The van der Waals surface area contributed by atoms with E-state index in [9.17, 15) is 13.2 Å². The summed E-state index contributed by atoms with van der Waals surface area (Å²) in [7, 11) is -1.93. The highest BCUT2D eigenvalue weighted by atomic mass is 32.2. The first-order valence-corrected chi connectivity index (χ1v) is 9.90. The van der Waals surface area contributed by atoms with E-state index in [2.05, 4.69) is 0 Å². The van der Waals surface area contributed by atoms with Crippen molar-refractivity contribution < 1.29 is 22.7 Å². The average molecular weight is 375 g/mol. The monoisotopic (exact) mass is 375 g/mol. The number of hydrogen-bond acceptors (Lipinski definition) is 5. The van der Waals surface area contributed by atoms with Crippen LogP contribution in [0.1, 0.15) is 17.3 Å². The van der Waals surface area contributed by atoms with Gasteiger partial charge in [-0.1, -0.05) is 0 Å². The van der Waals surface area contributed by atoms with Gasteiger partial charge in [0.05, 0.1) is 18.6 Å². The van der Waals surface area contributed by atoms with E-state index in [0.29, 0.717) is 23.7 Å². The van der Waals surface area contributed by atoms with Crippen LogP contribution in [0.25, 0.3) is 0 Å². The van der Waals surface area contributed by atoms with Gasteiger partial charge < -0.3 is 14.4 Å². The minimum Gasteiger partial charge on any atom is -0.497 e. The lowest BCUT2D eigenvalue weighted by Crippen LogP contribution is -2.56. The maximum Gasteiger partial charge on any atom is 0.253 e. The molecular weight excluding hydrogens is 354 g/mol. The highest BCUT2D eigenvalue weighted by Crippen LogP contribution is 2.26. The van der Waals surface area contributed by atoms with E-state index < -0.39 is 15.1 Å². The van der Waals surface area contributed by atoms with Gasteiger partial charge in [-0.25, -0.2) is 8.42 Å². The smallest absolute Gasteiger partial charge is 0.253 e. The van der Waals surface area contributed by atoms with Gasteiger partial charge in [0.25, 0.3) is 5.91 Å². The molecule has 1 amide bonds. The van der Waals surface area contributed by atoms with Crippen LogP contribution in [0.4, 0.5) is 0 Å². The van der Waals surface area contributed by atoms with E-state index in [0.717, 1.165) is 0 Å². The second kappa shape index (κ2) is 7.37. The lowest BCUT2D eigenvalue weighted by atomic mass is 10.1. The number of likely N-dealkylation sites (tertiary alicyclic amines) is 1. The van der Waals surface area contributed by atoms with Gasteiger partial charge in [-0.2, -0.15) is 0 Å². The molecule has 0 spiro atoms. The second-order valence-corrected chi connectivity index (χ2v) is 8.24. The largest absolute Gasteiger partial charge is 0.497 e. The van der Waals surface area contributed by atoms with Crippen LogP contribution in [0.3, 0.4) is 0 Å². The summed E-state index contributed by atoms with van der Waals surface area (Å²) in [5.41, 5.74) is 0.522. The summed E-state index contributed by atoms with van der Waals surface area (Å²) in [6, 6.07) is 13.2. The van der Waals surface area contributed by atoms with Crippen LogP contribution in [0.15, 0.2) is 53.4 Å². The molecule has 1 aliphatic rings. The molecule has 0 unspecified atom stereocenters. The predicted molar refractivity (Wildman–Crippen MR) is 97.5 cm³/mol. The summed E-state index contributed by atoms with van der Waals surface area (Å²) in [6.45, 7) is 2.84. The molecule has 6 nitrogen and oxygen atoms in total. The Morgan fingerprint density at radius 3 is 2.15 bits per heavy atom. The normalized spacial score (nSPS) is 14.6. The maximum atomic E-state index is 12.6. The van der Waals surface area contributed by atoms with E-state index >= 15 is 0 Å². The van der Waals surface area contributed by atoms with Crippen LogP contribution < -0.4 is 9.47 Å². The minimum atomic E-state index is -3.46. The molecule has 0 atom stereocenters. The van der Waals surface area contributed by atoms with Crippen LogP contribution in [0.2, 0.25) is 0 Å². The van der Waals surface area contributed by atoms with Gasteiger partial charge in [-0.15, -0.1) is 0 Å². The number of hydrogen-bond donors (Lipinski definition) is 0. The zero-order chi connectivity index (χ0) is 18.7. The molecule has 0 saturated carbocycles. The Morgan fingerprint density at radius 2 is 1.62 bits per heavy atom. The summed E-state index contributed by atoms with van der Waals surface area (Å²) in [5, 5.41) is -0.581. The number of amides is 1. The summed E-state index contributed by atoms with van der Waals surface area (Å²) < 4.78 is 35.7. The first-order valence-electron chi connectivity index (χ1n) is 8.35. The number of sulfone groups is 1. The Balaban J connectivity index is 1.64. The zero-order valence-electron chi connectivity index (χ0n) is 14.7. The van der Waals surface area contributed by atoms with Gasteiger partial charge in [0, 0.05) is 18.7 Å². The number of nitrogens with zero attached hydrogens (tertiary/aromatic N) is 1. The molecule has 0 N–H and O–H groups in total. The van der Waals surface area contributed by atoms with Gasteiger partial charge in [0.2, 0.25) is 0 Å². The number of carbonyl (C=O) groups excluding carboxylic acids is 1. The fourth-order valence-corrected chi connectivity index (χ4v) is 4.45. The van der Waals surface area contributed by atoms with Crippen molar-refractivity contribution in [3.05, 3.63) is 54.1 Å². The van der Waals surface area contributed by atoms with Crippen molar-refractivity contribution in [2.24, 2.45) is 0 Å². The lowest BCUT2D eigenvalue weighted by molar-refractivity contribution is 0.0659. The lowest BCUT2D eigenvalue weighted by Gasteiger charge is -2.38. The fourth-order valence-electron chi connectivity index (χ4n) is 2.80. The summed E-state index contributed by atoms with van der Waals surface area (Å²) >= 11 is 0. The van der Waals surface area contributed by atoms with Crippen LogP contribution in [-0.4, -0.2) is 51.3 Å². The Kier molecular flexibility index (Phi) is 5.18. The van der Waals surface area contributed by atoms with Crippen molar-refractivity contribution in [1.82, 2.24) is 4.90 Å². The highest BCUT2D eigenvalue weighted by Gasteiger charge is 2.40. The predicted octanol–water partition coefficient (Wildman–Crippen LogP) is 2.39. The molecular formula is C19H21NO5S. The van der Waals surface area contributed by atoms with Crippen molar-refractivity contribution in [1.29, 1.82) is 0 Å². The molecule has 2 aromatic rings. The van der Waals surface area contributed by atoms with Crippen LogP contribution >= 0.6 is 0 Å². The van der Waals surface area contributed by atoms with Crippen LogP contribution in [-0.2, 0) is 9.84 Å². The quantitative estimate of drug-likeness (QED) is 0.775. The van der Waals surface area contributed by atoms with Crippen molar-refractivity contribution in [2.75, 3.05) is 26.8 Å². The third kappa shape index (κ3) is 3.53.